The summed E-state index contributed by atoms with van der Waals surface area (Å²) < 4.78 is 12.7. The lowest BCUT2D eigenvalue weighted by atomic mass is 10.2. The summed E-state index contributed by atoms with van der Waals surface area (Å²) in [6.45, 7) is 0. The van der Waals surface area contributed by atoms with E-state index >= 15 is 0 Å². The van der Waals surface area contributed by atoms with Crippen molar-refractivity contribution >= 4 is 28.6 Å². The fourth-order valence-electron chi connectivity index (χ4n) is 0.710. The lowest BCUT2D eigenvalue weighted by Gasteiger charge is -2.04. The van der Waals surface area contributed by atoms with Crippen LogP contribution in [0.2, 0.25) is 0 Å². The van der Waals surface area contributed by atoms with Gasteiger partial charge in [-0.3, -0.25) is 0 Å². The van der Waals surface area contributed by atoms with Gasteiger partial charge in [0.15, 0.2) is 11.9 Å². The van der Waals surface area contributed by atoms with Gasteiger partial charge < -0.3 is 10.2 Å². The van der Waals surface area contributed by atoms with E-state index in [0.717, 1.165) is 12.1 Å². The molecule has 6 heteroatoms. The third-order valence-electron chi connectivity index (χ3n) is 1.34. The van der Waals surface area contributed by atoms with Gasteiger partial charge in [-0.15, -0.1) is 0 Å². The number of carboxylic acids is 1. The van der Waals surface area contributed by atoms with Gasteiger partial charge in [0.2, 0.25) is 0 Å². The number of pyridine rings is 1. The summed E-state index contributed by atoms with van der Waals surface area (Å²) >= 11 is 1.62. The molecule has 0 saturated heterocycles. The molecule has 0 aliphatic heterocycles. The van der Waals surface area contributed by atoms with Crippen molar-refractivity contribution in [1.29, 1.82) is 0 Å². The van der Waals surface area contributed by atoms with E-state index in [4.69, 9.17) is 10.2 Å². The lowest BCUT2D eigenvalue weighted by Crippen LogP contribution is -2.12. The smallest absolute Gasteiger partial charge is 0.338 e. The van der Waals surface area contributed by atoms with Crippen LogP contribution in [0.3, 0.4) is 0 Å². The van der Waals surface area contributed by atoms with Gasteiger partial charge in [0.1, 0.15) is 3.70 Å². The first-order valence-electron chi connectivity index (χ1n) is 3.25. The number of rotatable bonds is 2. The predicted octanol–water partition coefficient (Wildman–Crippen LogP) is 0.943. The standard InChI is InChI=1S/C7H5FINO3/c8-3-1-2-4(10-6(3)9)5(11)7(12)13/h1-2,5,11H,(H,12,13). The highest BCUT2D eigenvalue weighted by molar-refractivity contribution is 14.1. The Bertz CT molecular complexity index is 345. The number of hydrogen-bond acceptors (Lipinski definition) is 3. The Balaban J connectivity index is 3.03. The van der Waals surface area contributed by atoms with Gasteiger partial charge in [-0.2, -0.15) is 0 Å². The molecule has 0 aliphatic rings. The molecular formula is C7H5FINO3. The molecule has 1 aromatic rings. The summed E-state index contributed by atoms with van der Waals surface area (Å²) in [5.74, 6) is -1.95. The molecule has 1 rings (SSSR count). The summed E-state index contributed by atoms with van der Waals surface area (Å²) in [7, 11) is 0. The number of carboxylic acid groups (broad SMARTS) is 1. The van der Waals surface area contributed by atoms with Gasteiger partial charge in [-0.05, 0) is 34.7 Å². The van der Waals surface area contributed by atoms with Crippen molar-refractivity contribution in [2.45, 2.75) is 6.10 Å². The Morgan fingerprint density at radius 3 is 2.69 bits per heavy atom. The highest BCUT2D eigenvalue weighted by atomic mass is 127. The average Bonchev–Trinajstić information content (AvgIpc) is 2.08. The van der Waals surface area contributed by atoms with Gasteiger partial charge in [0.25, 0.3) is 0 Å². The van der Waals surface area contributed by atoms with Crippen LogP contribution in [0.15, 0.2) is 12.1 Å². The maximum atomic E-state index is 12.7. The second-order valence-electron chi connectivity index (χ2n) is 2.25. The van der Waals surface area contributed by atoms with Crippen molar-refractivity contribution in [3.05, 3.63) is 27.3 Å². The molecule has 1 unspecified atom stereocenters. The maximum absolute atomic E-state index is 12.7. The van der Waals surface area contributed by atoms with Crippen molar-refractivity contribution in [2.75, 3.05) is 0 Å². The summed E-state index contributed by atoms with van der Waals surface area (Å²) in [5, 5.41) is 17.4. The van der Waals surface area contributed by atoms with Crippen LogP contribution in [0.25, 0.3) is 0 Å². The molecule has 4 nitrogen and oxygen atoms in total. The number of nitrogens with zero attached hydrogens (tertiary/aromatic N) is 1. The number of hydrogen-bond donors (Lipinski definition) is 2. The van der Waals surface area contributed by atoms with E-state index < -0.39 is 17.9 Å². The van der Waals surface area contributed by atoms with E-state index in [1.54, 1.807) is 22.6 Å². The molecule has 0 fully saturated rings. The van der Waals surface area contributed by atoms with Crippen molar-refractivity contribution in [2.24, 2.45) is 0 Å². The lowest BCUT2D eigenvalue weighted by molar-refractivity contribution is -0.147. The van der Waals surface area contributed by atoms with Crippen LogP contribution in [-0.2, 0) is 4.79 Å². The van der Waals surface area contributed by atoms with Gasteiger partial charge in [-0.25, -0.2) is 14.2 Å². The molecule has 1 heterocycles. The molecule has 0 saturated carbocycles. The van der Waals surface area contributed by atoms with Gasteiger partial charge >= 0.3 is 5.97 Å². The minimum atomic E-state index is -1.70. The monoisotopic (exact) mass is 297 g/mol. The van der Waals surface area contributed by atoms with Gasteiger partial charge in [0.05, 0.1) is 5.69 Å². The molecule has 0 aromatic carbocycles. The van der Waals surface area contributed by atoms with Crippen LogP contribution in [0.4, 0.5) is 4.39 Å². The molecular weight excluding hydrogens is 292 g/mol. The zero-order valence-electron chi connectivity index (χ0n) is 6.24. The third kappa shape index (κ3) is 2.34. The highest BCUT2D eigenvalue weighted by Gasteiger charge is 2.18. The van der Waals surface area contributed by atoms with Gasteiger partial charge in [0, 0.05) is 0 Å². The Hall–Kier alpha value is -0.760. The number of halogens is 2. The fraction of sp³-hybridized carbons (Fsp3) is 0.143. The summed E-state index contributed by atoms with van der Waals surface area (Å²) in [6, 6.07) is 2.20. The van der Waals surface area contributed by atoms with Crippen molar-refractivity contribution in [3.63, 3.8) is 0 Å². The van der Waals surface area contributed by atoms with Crippen molar-refractivity contribution in [1.82, 2.24) is 4.98 Å². The second-order valence-corrected chi connectivity index (χ2v) is 3.27. The predicted molar refractivity (Wildman–Crippen MR) is 49.5 cm³/mol. The van der Waals surface area contributed by atoms with Crippen LogP contribution < -0.4 is 0 Å². The first-order chi connectivity index (χ1) is 6.02. The number of carbonyl (C=O) groups is 1. The minimum Gasteiger partial charge on any atom is -0.479 e. The van der Waals surface area contributed by atoms with E-state index in [-0.39, 0.29) is 9.39 Å². The molecule has 0 radical (unpaired) electrons. The van der Waals surface area contributed by atoms with Crippen LogP contribution >= 0.6 is 22.6 Å². The Labute approximate surface area is 86.6 Å². The van der Waals surface area contributed by atoms with Crippen LogP contribution in [0, 0.1) is 9.52 Å². The molecule has 1 atom stereocenters. The quantitative estimate of drug-likeness (QED) is 0.629. The SMILES string of the molecule is O=C(O)C(O)c1ccc(F)c(I)n1. The zero-order chi connectivity index (χ0) is 10.0. The first kappa shape index (κ1) is 10.3. The maximum Gasteiger partial charge on any atom is 0.338 e. The first-order valence-corrected chi connectivity index (χ1v) is 4.33. The van der Waals surface area contributed by atoms with E-state index in [0.29, 0.717) is 0 Å². The molecule has 0 spiro atoms. The Kier molecular flexibility index (Phi) is 3.15. The molecule has 0 amide bonds. The molecule has 70 valence electrons. The van der Waals surface area contributed by atoms with E-state index in [1.165, 1.54) is 0 Å². The Morgan fingerprint density at radius 2 is 2.23 bits per heavy atom. The number of aliphatic hydroxyl groups excluding tert-OH is 1. The number of aliphatic hydroxyl groups is 1. The average molecular weight is 297 g/mol. The molecule has 2 N–H and O–H groups in total. The van der Waals surface area contributed by atoms with Crippen molar-refractivity contribution in [3.8, 4) is 0 Å². The summed E-state index contributed by atoms with van der Waals surface area (Å²) in [4.78, 5) is 13.9. The van der Waals surface area contributed by atoms with Crippen LogP contribution in [-0.4, -0.2) is 21.2 Å². The van der Waals surface area contributed by atoms with E-state index in [2.05, 4.69) is 4.98 Å². The summed E-state index contributed by atoms with van der Waals surface area (Å²) in [5.41, 5.74) is -0.0710. The minimum absolute atomic E-state index is 0.0374. The van der Waals surface area contributed by atoms with Crippen LogP contribution in [0.1, 0.15) is 11.8 Å². The number of aromatic nitrogens is 1. The van der Waals surface area contributed by atoms with E-state index in [1.807, 2.05) is 0 Å². The third-order valence-corrected chi connectivity index (χ3v) is 2.10. The topological polar surface area (TPSA) is 70.4 Å². The number of aliphatic carboxylic acids is 1. The normalized spacial score (nSPS) is 12.5. The highest BCUT2D eigenvalue weighted by Crippen LogP contribution is 2.14. The fourth-order valence-corrected chi connectivity index (χ4v) is 1.17. The van der Waals surface area contributed by atoms with Gasteiger partial charge in [-0.1, -0.05) is 0 Å². The molecule has 0 aliphatic carbocycles. The zero-order valence-corrected chi connectivity index (χ0v) is 8.40. The molecule has 1 aromatic heterocycles. The van der Waals surface area contributed by atoms with E-state index in [9.17, 15) is 9.18 Å². The van der Waals surface area contributed by atoms with Crippen molar-refractivity contribution < 1.29 is 19.4 Å². The summed E-state index contributed by atoms with van der Waals surface area (Å²) in [6.07, 6.45) is -1.70. The largest absolute Gasteiger partial charge is 0.479 e. The Morgan fingerprint density at radius 1 is 1.62 bits per heavy atom. The molecule has 13 heavy (non-hydrogen) atoms. The second kappa shape index (κ2) is 3.97. The molecule has 0 bridgehead atoms. The van der Waals surface area contributed by atoms with Crippen LogP contribution in [0.5, 0.6) is 0 Å².